The Morgan fingerprint density at radius 2 is 1.36 bits per heavy atom. The van der Waals surface area contributed by atoms with Crippen molar-refractivity contribution in [1.82, 2.24) is 0 Å². The summed E-state index contributed by atoms with van der Waals surface area (Å²) in [5.74, 6) is -0.533. The molecule has 0 aliphatic heterocycles. The van der Waals surface area contributed by atoms with E-state index in [0.29, 0.717) is 38.8 Å². The molecule has 0 heterocycles. The van der Waals surface area contributed by atoms with Crippen molar-refractivity contribution in [1.29, 1.82) is 0 Å². The summed E-state index contributed by atoms with van der Waals surface area (Å²) < 4.78 is 60.6. The number of unbranched alkanes of at least 4 members (excludes halogenated alkanes) is 2. The summed E-state index contributed by atoms with van der Waals surface area (Å²) in [6, 6.07) is 7.84. The van der Waals surface area contributed by atoms with E-state index in [9.17, 15) is 16.8 Å². The van der Waals surface area contributed by atoms with Gasteiger partial charge in [-0.3, -0.25) is 9.11 Å². The van der Waals surface area contributed by atoms with Crippen LogP contribution in [0.2, 0.25) is 0 Å². The molecule has 0 aliphatic carbocycles. The zero-order valence-corrected chi connectivity index (χ0v) is 18.4. The third kappa shape index (κ3) is 12.8. The first-order valence-corrected chi connectivity index (χ1v) is 11.0. The van der Waals surface area contributed by atoms with E-state index < -0.39 is 20.2 Å². The van der Waals surface area contributed by atoms with Gasteiger partial charge in [-0.1, -0.05) is 12.1 Å². The molecule has 25 heavy (non-hydrogen) atoms. The van der Waals surface area contributed by atoms with Gasteiger partial charge in [-0.05, 0) is 50.3 Å². The Balaban J connectivity index is 0.00000576. The zero-order valence-electron chi connectivity index (χ0n) is 14.8. The zero-order chi connectivity index (χ0) is 18.2. The maximum Gasteiger partial charge on any atom is 1.00 e. The van der Waals surface area contributed by atoms with Crippen LogP contribution in [-0.4, -0.2) is 50.5 Å². The van der Waals surface area contributed by atoms with E-state index in [4.69, 9.17) is 9.11 Å². The van der Waals surface area contributed by atoms with Crippen molar-refractivity contribution in [3.63, 3.8) is 0 Å². The predicted octanol–water partition coefficient (Wildman–Crippen LogP) is -0.859. The Hall–Kier alpha value is -0.160. The molecule has 2 N–H and O–H groups in total. The third-order valence-corrected chi connectivity index (χ3v) is 5.14. The molecular weight excluding hydrogens is 377 g/mol. The van der Waals surface area contributed by atoms with Crippen molar-refractivity contribution in [2.45, 2.75) is 32.6 Å². The van der Waals surface area contributed by atoms with Crippen LogP contribution in [0.4, 0.5) is 5.69 Å². The number of aryl methyl sites for hydroxylation is 1. The number of rotatable bonds is 11. The summed E-state index contributed by atoms with van der Waals surface area (Å²) in [6.45, 7) is 3.17. The number of hydrogen-bond acceptors (Lipinski definition) is 5. The van der Waals surface area contributed by atoms with Crippen molar-refractivity contribution < 1.29 is 55.5 Å². The van der Waals surface area contributed by atoms with Gasteiger partial charge in [0, 0.05) is 18.8 Å². The van der Waals surface area contributed by atoms with E-state index >= 15 is 0 Å². The second-order valence-corrected chi connectivity index (χ2v) is 8.96. The topological polar surface area (TPSA) is 112 Å². The molecule has 0 saturated heterocycles. The molecule has 0 unspecified atom stereocenters. The number of hydrogen-bond donors (Lipinski definition) is 2. The summed E-state index contributed by atoms with van der Waals surface area (Å²) in [6.07, 6.45) is 1.89. The van der Waals surface area contributed by atoms with Gasteiger partial charge >= 0.3 is 29.6 Å². The SMILES string of the molecule is Cc1cccc(N(CCCCS(=O)(=O)O)CCCCS(=O)(=O)O)c1.[Na+]. The number of nitrogens with zero attached hydrogens (tertiary/aromatic N) is 1. The summed E-state index contributed by atoms with van der Waals surface area (Å²) in [4.78, 5) is 2.06. The van der Waals surface area contributed by atoms with Crippen molar-refractivity contribution in [2.75, 3.05) is 29.5 Å². The fourth-order valence-corrected chi connectivity index (χ4v) is 3.51. The van der Waals surface area contributed by atoms with Crippen LogP contribution in [0, 0.1) is 6.92 Å². The Bertz CT molecular complexity index is 681. The van der Waals surface area contributed by atoms with E-state index in [2.05, 4.69) is 4.90 Å². The van der Waals surface area contributed by atoms with E-state index in [1.165, 1.54) is 0 Å². The maximum atomic E-state index is 10.8. The predicted molar refractivity (Wildman–Crippen MR) is 94.7 cm³/mol. The molecule has 10 heteroatoms. The van der Waals surface area contributed by atoms with Gasteiger partial charge in [0.05, 0.1) is 11.5 Å². The smallest absolute Gasteiger partial charge is 0.372 e. The van der Waals surface area contributed by atoms with Gasteiger partial charge in [0.2, 0.25) is 0 Å². The van der Waals surface area contributed by atoms with Gasteiger partial charge < -0.3 is 4.90 Å². The van der Waals surface area contributed by atoms with Gasteiger partial charge in [-0.15, -0.1) is 0 Å². The molecule has 0 aromatic heterocycles. The average molecular weight is 402 g/mol. The molecule has 0 bridgehead atoms. The second kappa shape index (κ2) is 11.5. The van der Waals surface area contributed by atoms with Crippen molar-refractivity contribution in [3.05, 3.63) is 29.8 Å². The fourth-order valence-electron chi connectivity index (χ4n) is 2.37. The molecule has 0 aliphatic rings. The first kappa shape index (κ1) is 24.8. The average Bonchev–Trinajstić information content (AvgIpc) is 2.43. The van der Waals surface area contributed by atoms with Crippen molar-refractivity contribution >= 4 is 25.9 Å². The Morgan fingerprint density at radius 3 is 1.76 bits per heavy atom. The van der Waals surface area contributed by atoms with Gasteiger partial charge in [-0.25, -0.2) is 0 Å². The van der Waals surface area contributed by atoms with Crippen LogP contribution in [0.1, 0.15) is 31.2 Å². The van der Waals surface area contributed by atoms with Crippen LogP contribution in [-0.2, 0) is 20.2 Å². The molecule has 138 valence electrons. The maximum absolute atomic E-state index is 10.8. The van der Waals surface area contributed by atoms with Gasteiger partial charge in [0.1, 0.15) is 0 Å². The minimum Gasteiger partial charge on any atom is -0.372 e. The molecule has 1 aromatic carbocycles. The molecule has 0 fully saturated rings. The monoisotopic (exact) mass is 402 g/mol. The molecule has 1 aromatic rings. The van der Waals surface area contributed by atoms with Crippen LogP contribution < -0.4 is 34.5 Å². The Morgan fingerprint density at radius 1 is 0.880 bits per heavy atom. The number of anilines is 1. The van der Waals surface area contributed by atoms with E-state index in [1.807, 2.05) is 31.2 Å². The Labute approximate surface area is 172 Å². The molecule has 0 radical (unpaired) electrons. The van der Waals surface area contributed by atoms with E-state index in [-0.39, 0.29) is 41.1 Å². The molecule has 0 amide bonds. The van der Waals surface area contributed by atoms with Crippen LogP contribution in [0.25, 0.3) is 0 Å². The standard InChI is InChI=1S/C15H25NO6S2.Na/c1-14-7-6-8-15(13-14)16(9-2-4-11-23(17,18)19)10-3-5-12-24(20,21)22;/h6-8,13H,2-5,9-12H2,1H3,(H,17,18,19)(H,20,21,22);/q;+1. The molecule has 0 saturated carbocycles. The first-order valence-electron chi connectivity index (χ1n) is 7.79. The largest absolute Gasteiger partial charge is 1.00 e. The summed E-state index contributed by atoms with van der Waals surface area (Å²) in [5, 5.41) is 0. The van der Waals surface area contributed by atoms with E-state index in [1.54, 1.807) is 0 Å². The van der Waals surface area contributed by atoms with Gasteiger partial charge in [0.15, 0.2) is 0 Å². The molecule has 0 atom stereocenters. The van der Waals surface area contributed by atoms with Crippen LogP contribution in [0.5, 0.6) is 0 Å². The minimum absolute atomic E-state index is 0. The second-order valence-electron chi connectivity index (χ2n) is 5.81. The molecular formula is C15H25NNaO6S2+. The quantitative estimate of drug-likeness (QED) is 0.281. The minimum atomic E-state index is -3.94. The van der Waals surface area contributed by atoms with Gasteiger partial charge in [-0.2, -0.15) is 16.8 Å². The number of benzene rings is 1. The molecule has 0 spiro atoms. The normalized spacial score (nSPS) is 11.8. The molecule has 7 nitrogen and oxygen atoms in total. The van der Waals surface area contributed by atoms with Crippen molar-refractivity contribution in [2.24, 2.45) is 0 Å². The van der Waals surface area contributed by atoms with E-state index in [0.717, 1.165) is 11.3 Å². The van der Waals surface area contributed by atoms with Crippen LogP contribution in [0.15, 0.2) is 24.3 Å². The summed E-state index contributed by atoms with van der Waals surface area (Å²) in [5.41, 5.74) is 2.07. The van der Waals surface area contributed by atoms with Crippen LogP contribution >= 0.6 is 0 Å². The van der Waals surface area contributed by atoms with Gasteiger partial charge in [0.25, 0.3) is 20.2 Å². The Kier molecular flexibility index (Phi) is 11.5. The third-order valence-electron chi connectivity index (χ3n) is 3.53. The summed E-state index contributed by atoms with van der Waals surface area (Å²) >= 11 is 0. The fraction of sp³-hybridized carbons (Fsp3) is 0.600. The summed E-state index contributed by atoms with van der Waals surface area (Å²) in [7, 11) is -7.89. The molecule has 1 rings (SSSR count). The van der Waals surface area contributed by atoms with Crippen molar-refractivity contribution in [3.8, 4) is 0 Å². The first-order chi connectivity index (χ1) is 11.1. The van der Waals surface area contributed by atoms with Crippen LogP contribution in [0.3, 0.4) is 0 Å².